The molecule has 1 fully saturated rings. The van der Waals surface area contributed by atoms with Crippen LogP contribution in [0, 0.1) is 0 Å². The summed E-state index contributed by atoms with van der Waals surface area (Å²) in [6.45, 7) is 1.91. The number of hydrogen-bond donors (Lipinski definition) is 2. The number of benzene rings is 1. The van der Waals surface area contributed by atoms with Gasteiger partial charge < -0.3 is 9.55 Å². The van der Waals surface area contributed by atoms with Gasteiger partial charge in [-0.3, -0.25) is 4.79 Å². The molecule has 0 saturated heterocycles. The zero-order chi connectivity index (χ0) is 21.1. The molecule has 8 nitrogen and oxygen atoms in total. The highest BCUT2D eigenvalue weighted by Gasteiger charge is 2.28. The van der Waals surface area contributed by atoms with Crippen LogP contribution in [-0.2, 0) is 16.4 Å². The maximum Gasteiger partial charge on any atom is 0.255 e. The Hall–Kier alpha value is -2.78. The van der Waals surface area contributed by atoms with Gasteiger partial charge in [-0.1, -0.05) is 13.0 Å². The average Bonchev–Trinajstić information content (AvgIpc) is 3.28. The SMILES string of the molecule is CCc1cc(-c2ccc[nH]c2=O)ccc1S(=O)(=O)NC1CCCC(n2cnnc2)C1. The van der Waals surface area contributed by atoms with Crippen LogP contribution in [0.15, 0.2) is 58.9 Å². The van der Waals surface area contributed by atoms with Crippen LogP contribution in [0.4, 0.5) is 0 Å². The van der Waals surface area contributed by atoms with Crippen molar-refractivity contribution < 1.29 is 8.42 Å². The molecule has 30 heavy (non-hydrogen) atoms. The number of nitrogens with one attached hydrogen (secondary N) is 2. The molecule has 158 valence electrons. The fourth-order valence-corrected chi connectivity index (χ4v) is 5.73. The number of aromatic nitrogens is 4. The lowest BCUT2D eigenvalue weighted by Gasteiger charge is -2.30. The molecule has 1 aliphatic carbocycles. The number of aryl methyl sites for hydroxylation is 1. The van der Waals surface area contributed by atoms with Crippen molar-refractivity contribution in [3.63, 3.8) is 0 Å². The number of H-pyrrole nitrogens is 1. The molecule has 2 unspecified atom stereocenters. The lowest BCUT2D eigenvalue weighted by molar-refractivity contribution is 0.305. The van der Waals surface area contributed by atoms with Crippen LogP contribution in [0.25, 0.3) is 11.1 Å². The van der Waals surface area contributed by atoms with Gasteiger partial charge in [0.2, 0.25) is 10.0 Å². The van der Waals surface area contributed by atoms with E-state index in [0.717, 1.165) is 19.3 Å². The number of pyridine rings is 1. The van der Waals surface area contributed by atoms with E-state index < -0.39 is 10.0 Å². The molecular formula is C21H25N5O3S. The molecule has 0 spiro atoms. The fourth-order valence-electron chi connectivity index (χ4n) is 4.16. The molecule has 2 heterocycles. The Balaban J connectivity index is 1.58. The zero-order valence-electron chi connectivity index (χ0n) is 16.8. The summed E-state index contributed by atoms with van der Waals surface area (Å²) < 4.78 is 31.2. The summed E-state index contributed by atoms with van der Waals surface area (Å²) in [5.41, 5.74) is 1.72. The first kappa shape index (κ1) is 20.5. The molecule has 3 aromatic rings. The summed E-state index contributed by atoms with van der Waals surface area (Å²) in [5.74, 6) is 0. The van der Waals surface area contributed by atoms with Crippen LogP contribution in [0.5, 0.6) is 0 Å². The number of hydrogen-bond acceptors (Lipinski definition) is 5. The zero-order valence-corrected chi connectivity index (χ0v) is 17.6. The van der Waals surface area contributed by atoms with E-state index >= 15 is 0 Å². The highest BCUT2D eigenvalue weighted by molar-refractivity contribution is 7.89. The summed E-state index contributed by atoms with van der Waals surface area (Å²) in [6.07, 6.45) is 8.91. The van der Waals surface area contributed by atoms with E-state index in [1.807, 2.05) is 11.5 Å². The highest BCUT2D eigenvalue weighted by Crippen LogP contribution is 2.30. The Kier molecular flexibility index (Phi) is 5.83. The number of sulfonamides is 1. The molecule has 1 aromatic carbocycles. The third-order valence-corrected chi connectivity index (χ3v) is 7.31. The van der Waals surface area contributed by atoms with Gasteiger partial charge in [0.15, 0.2) is 0 Å². The highest BCUT2D eigenvalue weighted by atomic mass is 32.2. The van der Waals surface area contributed by atoms with E-state index in [1.54, 1.807) is 49.2 Å². The largest absolute Gasteiger partial charge is 0.329 e. The van der Waals surface area contributed by atoms with Crippen molar-refractivity contribution in [2.24, 2.45) is 0 Å². The lowest BCUT2D eigenvalue weighted by Crippen LogP contribution is -2.39. The second-order valence-corrected chi connectivity index (χ2v) is 9.32. The Morgan fingerprint density at radius 2 is 2.00 bits per heavy atom. The van der Waals surface area contributed by atoms with E-state index in [9.17, 15) is 13.2 Å². The molecule has 2 N–H and O–H groups in total. The van der Waals surface area contributed by atoms with Gasteiger partial charge in [-0.2, -0.15) is 0 Å². The second kappa shape index (κ2) is 8.53. The molecule has 4 rings (SSSR count). The van der Waals surface area contributed by atoms with Crippen LogP contribution < -0.4 is 10.3 Å². The topological polar surface area (TPSA) is 110 Å². The van der Waals surface area contributed by atoms with Gasteiger partial charge in [0, 0.05) is 23.8 Å². The van der Waals surface area contributed by atoms with Gasteiger partial charge in [-0.15, -0.1) is 10.2 Å². The molecule has 9 heteroatoms. The first-order valence-electron chi connectivity index (χ1n) is 10.2. The number of rotatable bonds is 6. The summed E-state index contributed by atoms with van der Waals surface area (Å²) in [4.78, 5) is 15.0. The molecule has 1 aliphatic rings. The van der Waals surface area contributed by atoms with Crippen molar-refractivity contribution in [1.82, 2.24) is 24.5 Å². The minimum atomic E-state index is -3.68. The quantitative estimate of drug-likeness (QED) is 0.628. The molecule has 0 radical (unpaired) electrons. The molecule has 0 aliphatic heterocycles. The minimum absolute atomic E-state index is 0.141. The number of nitrogens with zero attached hydrogens (tertiary/aromatic N) is 3. The second-order valence-electron chi connectivity index (χ2n) is 7.64. The Bertz CT molecular complexity index is 1170. The van der Waals surface area contributed by atoms with Crippen LogP contribution in [0.3, 0.4) is 0 Å². The average molecular weight is 428 g/mol. The summed E-state index contributed by atoms with van der Waals surface area (Å²) >= 11 is 0. The van der Waals surface area contributed by atoms with Crippen LogP contribution in [0.2, 0.25) is 0 Å². The van der Waals surface area contributed by atoms with E-state index in [-0.39, 0.29) is 22.5 Å². The third-order valence-electron chi connectivity index (χ3n) is 5.69. The smallest absolute Gasteiger partial charge is 0.255 e. The van der Waals surface area contributed by atoms with E-state index in [1.165, 1.54) is 0 Å². The maximum absolute atomic E-state index is 13.2. The first-order valence-corrected chi connectivity index (χ1v) is 11.6. The van der Waals surface area contributed by atoms with E-state index in [0.29, 0.717) is 29.5 Å². The van der Waals surface area contributed by atoms with Gasteiger partial charge in [-0.05, 0) is 67.5 Å². The van der Waals surface area contributed by atoms with Crippen molar-refractivity contribution >= 4 is 10.0 Å². The van der Waals surface area contributed by atoms with Crippen LogP contribution >= 0.6 is 0 Å². The van der Waals surface area contributed by atoms with E-state index in [2.05, 4.69) is 19.9 Å². The Morgan fingerprint density at radius 1 is 1.20 bits per heavy atom. The lowest BCUT2D eigenvalue weighted by atomic mass is 9.91. The van der Waals surface area contributed by atoms with Crippen molar-refractivity contribution in [2.75, 3.05) is 0 Å². The summed E-state index contributed by atoms with van der Waals surface area (Å²) in [7, 11) is -3.68. The molecule has 2 aromatic heterocycles. The molecule has 0 bridgehead atoms. The van der Waals surface area contributed by atoms with Gasteiger partial charge in [0.05, 0.1) is 4.90 Å². The summed E-state index contributed by atoms with van der Waals surface area (Å²) in [5, 5.41) is 7.71. The molecular weight excluding hydrogens is 402 g/mol. The third kappa shape index (κ3) is 4.22. The van der Waals surface area contributed by atoms with Crippen LogP contribution in [-0.4, -0.2) is 34.2 Å². The fraction of sp³-hybridized carbons (Fsp3) is 0.381. The number of aromatic amines is 1. The van der Waals surface area contributed by atoms with Gasteiger partial charge >= 0.3 is 0 Å². The van der Waals surface area contributed by atoms with Gasteiger partial charge in [0.1, 0.15) is 12.7 Å². The molecule has 1 saturated carbocycles. The van der Waals surface area contributed by atoms with Crippen molar-refractivity contribution in [3.8, 4) is 11.1 Å². The van der Waals surface area contributed by atoms with Crippen molar-refractivity contribution in [2.45, 2.75) is 56.0 Å². The monoisotopic (exact) mass is 427 g/mol. The predicted molar refractivity (Wildman–Crippen MR) is 114 cm³/mol. The molecule has 0 amide bonds. The molecule has 2 atom stereocenters. The maximum atomic E-state index is 13.2. The minimum Gasteiger partial charge on any atom is -0.329 e. The standard InChI is InChI=1S/C21H25N5O3S/c1-2-15-11-16(19-7-4-10-22-21(19)27)8-9-20(15)30(28,29)25-17-5-3-6-18(12-17)26-13-23-24-14-26/h4,7-11,13-14,17-18,25H,2-3,5-6,12H2,1H3,(H,22,27). The van der Waals surface area contributed by atoms with Gasteiger partial charge in [-0.25, -0.2) is 13.1 Å². The van der Waals surface area contributed by atoms with Gasteiger partial charge in [0.25, 0.3) is 5.56 Å². The Labute approximate surface area is 175 Å². The summed E-state index contributed by atoms with van der Waals surface area (Å²) in [6, 6.07) is 8.62. The van der Waals surface area contributed by atoms with E-state index in [4.69, 9.17) is 0 Å². The normalized spacial score (nSPS) is 19.6. The van der Waals surface area contributed by atoms with Crippen molar-refractivity contribution in [1.29, 1.82) is 0 Å². The predicted octanol–water partition coefficient (Wildman–Crippen LogP) is 2.66. The van der Waals surface area contributed by atoms with Crippen LogP contribution in [0.1, 0.15) is 44.2 Å². The van der Waals surface area contributed by atoms with Crippen molar-refractivity contribution in [3.05, 3.63) is 65.1 Å². The Morgan fingerprint density at radius 3 is 2.73 bits per heavy atom. The first-order chi connectivity index (χ1) is 14.5.